The predicted molar refractivity (Wildman–Crippen MR) is 94.4 cm³/mol. The van der Waals surface area contributed by atoms with Crippen LogP contribution < -0.4 is 4.90 Å². The van der Waals surface area contributed by atoms with Gasteiger partial charge in [-0.05, 0) is 36.6 Å². The molecule has 0 bridgehead atoms. The highest BCUT2D eigenvalue weighted by Crippen LogP contribution is 2.49. The van der Waals surface area contributed by atoms with E-state index in [0.29, 0.717) is 5.28 Å². The zero-order valence-electron chi connectivity index (χ0n) is 13.3. The van der Waals surface area contributed by atoms with Gasteiger partial charge in [0.1, 0.15) is 5.82 Å². The number of thioether (sulfide) groups is 1. The Kier molecular flexibility index (Phi) is 6.01. The molecular formula is C16H24ClN3O2S. The third-order valence-corrected chi connectivity index (χ3v) is 6.41. The van der Waals surface area contributed by atoms with Crippen molar-refractivity contribution >= 4 is 29.2 Å². The molecule has 0 amide bonds. The van der Waals surface area contributed by atoms with Gasteiger partial charge in [-0.15, -0.1) is 11.8 Å². The van der Waals surface area contributed by atoms with Crippen LogP contribution in [0.25, 0.3) is 0 Å². The van der Waals surface area contributed by atoms with Gasteiger partial charge in [0.25, 0.3) is 0 Å². The average Bonchev–Trinajstić information content (AvgIpc) is 3.05. The Labute approximate surface area is 146 Å². The summed E-state index contributed by atoms with van der Waals surface area (Å²) in [5, 5.41) is 9.41. The zero-order valence-corrected chi connectivity index (χ0v) is 14.9. The quantitative estimate of drug-likeness (QED) is 0.624. The number of aliphatic hydroxyl groups excluding tert-OH is 1. The molecule has 1 aliphatic carbocycles. The standard InChI is InChI=1S/C16H24ClN3O2S/c17-15-18-13(12-14(19-15)20-6-9-22-10-7-20)16(4-1-2-5-16)23-11-3-8-21/h12,21H,1-11H2. The minimum atomic E-state index is 0.0305. The smallest absolute Gasteiger partial charge is 0.224 e. The highest BCUT2D eigenvalue weighted by molar-refractivity contribution is 8.00. The van der Waals surface area contributed by atoms with Crippen molar-refractivity contribution in [1.82, 2.24) is 9.97 Å². The fourth-order valence-electron chi connectivity index (χ4n) is 3.35. The van der Waals surface area contributed by atoms with Gasteiger partial charge in [-0.25, -0.2) is 9.97 Å². The number of aliphatic hydroxyl groups is 1. The fraction of sp³-hybridized carbons (Fsp3) is 0.750. The lowest BCUT2D eigenvalue weighted by Gasteiger charge is -2.31. The van der Waals surface area contributed by atoms with Crippen LogP contribution in [-0.2, 0) is 9.48 Å². The summed E-state index contributed by atoms with van der Waals surface area (Å²) in [6, 6.07) is 2.12. The number of ether oxygens (including phenoxy) is 1. The van der Waals surface area contributed by atoms with Crippen LogP contribution in [0, 0.1) is 0 Å². The van der Waals surface area contributed by atoms with Gasteiger partial charge in [-0.1, -0.05) is 12.8 Å². The molecule has 2 fully saturated rings. The molecule has 5 nitrogen and oxygen atoms in total. The van der Waals surface area contributed by atoms with E-state index in [1.54, 1.807) is 0 Å². The molecule has 1 aromatic rings. The summed E-state index contributed by atoms with van der Waals surface area (Å²) in [5.74, 6) is 1.86. The normalized spacial score (nSPS) is 20.9. The second kappa shape index (κ2) is 8.01. The first-order valence-electron chi connectivity index (χ1n) is 8.36. The summed E-state index contributed by atoms with van der Waals surface area (Å²) in [6.45, 7) is 3.39. The van der Waals surface area contributed by atoms with Crippen LogP contribution >= 0.6 is 23.4 Å². The van der Waals surface area contributed by atoms with E-state index in [-0.39, 0.29) is 11.4 Å². The molecule has 0 radical (unpaired) electrons. The van der Waals surface area contributed by atoms with Crippen molar-refractivity contribution in [2.75, 3.05) is 43.6 Å². The van der Waals surface area contributed by atoms with Gasteiger partial charge < -0.3 is 14.7 Å². The second-order valence-corrected chi connectivity index (χ2v) is 7.92. The Hall–Kier alpha value is -0.560. The van der Waals surface area contributed by atoms with Gasteiger partial charge in [-0.2, -0.15) is 0 Å². The predicted octanol–water partition coefficient (Wildman–Crippen LogP) is 2.85. The van der Waals surface area contributed by atoms with Crippen LogP contribution in [0.15, 0.2) is 6.07 Å². The van der Waals surface area contributed by atoms with Crippen LogP contribution in [0.5, 0.6) is 0 Å². The van der Waals surface area contributed by atoms with Gasteiger partial charge in [0.15, 0.2) is 0 Å². The number of halogens is 1. The molecule has 1 saturated carbocycles. The van der Waals surface area contributed by atoms with Crippen molar-refractivity contribution in [1.29, 1.82) is 0 Å². The van der Waals surface area contributed by atoms with Crippen LogP contribution in [-0.4, -0.2) is 53.7 Å². The van der Waals surface area contributed by atoms with Crippen molar-refractivity contribution < 1.29 is 9.84 Å². The Bertz CT molecular complexity index is 520. The molecule has 7 heteroatoms. The van der Waals surface area contributed by atoms with Crippen molar-refractivity contribution in [2.24, 2.45) is 0 Å². The van der Waals surface area contributed by atoms with Crippen molar-refractivity contribution in [3.8, 4) is 0 Å². The summed E-state index contributed by atoms with van der Waals surface area (Å²) >= 11 is 8.16. The van der Waals surface area contributed by atoms with E-state index in [1.807, 2.05) is 11.8 Å². The molecule has 0 spiro atoms. The summed E-state index contributed by atoms with van der Waals surface area (Å²) in [5.41, 5.74) is 1.06. The molecular weight excluding hydrogens is 334 g/mol. The number of hydrogen-bond acceptors (Lipinski definition) is 6. The lowest BCUT2D eigenvalue weighted by Crippen LogP contribution is -2.37. The Morgan fingerprint density at radius 3 is 2.70 bits per heavy atom. The number of nitrogens with zero attached hydrogens (tertiary/aromatic N) is 3. The van der Waals surface area contributed by atoms with E-state index in [1.165, 1.54) is 12.8 Å². The molecule has 0 atom stereocenters. The molecule has 2 aliphatic rings. The summed E-state index contributed by atoms with van der Waals surface area (Å²) in [7, 11) is 0. The van der Waals surface area contributed by atoms with Gasteiger partial charge in [0.05, 0.1) is 23.7 Å². The molecule has 0 unspecified atom stereocenters. The third kappa shape index (κ3) is 4.10. The molecule has 1 N–H and O–H groups in total. The van der Waals surface area contributed by atoms with E-state index < -0.39 is 0 Å². The van der Waals surface area contributed by atoms with E-state index >= 15 is 0 Å². The summed E-state index contributed by atoms with van der Waals surface area (Å²) in [4.78, 5) is 11.2. The molecule has 1 aromatic heterocycles. The highest BCUT2D eigenvalue weighted by atomic mass is 35.5. The Morgan fingerprint density at radius 2 is 2.00 bits per heavy atom. The third-order valence-electron chi connectivity index (χ3n) is 4.58. The average molecular weight is 358 g/mol. The van der Waals surface area contributed by atoms with E-state index in [4.69, 9.17) is 21.4 Å². The fourth-order valence-corrected chi connectivity index (χ4v) is 5.02. The minimum Gasteiger partial charge on any atom is -0.396 e. The van der Waals surface area contributed by atoms with Crippen LogP contribution in [0.2, 0.25) is 5.28 Å². The first kappa shape index (κ1) is 17.3. The molecule has 0 aromatic carbocycles. The van der Waals surface area contributed by atoms with Gasteiger partial charge in [0.2, 0.25) is 5.28 Å². The molecule has 2 heterocycles. The van der Waals surface area contributed by atoms with Crippen LogP contribution in [0.4, 0.5) is 5.82 Å². The summed E-state index contributed by atoms with van der Waals surface area (Å²) < 4.78 is 5.45. The number of aromatic nitrogens is 2. The molecule has 23 heavy (non-hydrogen) atoms. The molecule has 1 saturated heterocycles. The van der Waals surface area contributed by atoms with Crippen LogP contribution in [0.1, 0.15) is 37.8 Å². The van der Waals surface area contributed by atoms with Crippen molar-refractivity contribution in [2.45, 2.75) is 36.9 Å². The number of morpholine rings is 1. The molecule has 1 aliphatic heterocycles. The second-order valence-electron chi connectivity index (χ2n) is 6.11. The van der Waals surface area contributed by atoms with Crippen molar-refractivity contribution in [3.63, 3.8) is 0 Å². The summed E-state index contributed by atoms with van der Waals surface area (Å²) in [6.07, 6.45) is 5.51. The largest absolute Gasteiger partial charge is 0.396 e. The van der Waals surface area contributed by atoms with E-state index in [2.05, 4.69) is 20.9 Å². The SMILES string of the molecule is OCCCSC1(c2cc(N3CCOCC3)nc(Cl)n2)CCCC1. The number of rotatable bonds is 6. The minimum absolute atomic E-state index is 0.0305. The lowest BCUT2D eigenvalue weighted by atomic mass is 10.0. The lowest BCUT2D eigenvalue weighted by molar-refractivity contribution is 0.122. The number of anilines is 1. The monoisotopic (exact) mass is 357 g/mol. The first-order chi connectivity index (χ1) is 11.2. The molecule has 3 rings (SSSR count). The zero-order chi connectivity index (χ0) is 16.1. The maximum absolute atomic E-state index is 9.07. The maximum atomic E-state index is 9.07. The van der Waals surface area contributed by atoms with Gasteiger partial charge in [-0.3, -0.25) is 0 Å². The van der Waals surface area contributed by atoms with E-state index in [9.17, 15) is 0 Å². The topological polar surface area (TPSA) is 58.5 Å². The maximum Gasteiger partial charge on any atom is 0.224 e. The Morgan fingerprint density at radius 1 is 1.26 bits per heavy atom. The molecule has 128 valence electrons. The van der Waals surface area contributed by atoms with Gasteiger partial charge >= 0.3 is 0 Å². The van der Waals surface area contributed by atoms with Crippen LogP contribution in [0.3, 0.4) is 0 Å². The van der Waals surface area contributed by atoms with Crippen molar-refractivity contribution in [3.05, 3.63) is 17.0 Å². The van der Waals surface area contributed by atoms with Gasteiger partial charge in [0, 0.05) is 25.8 Å². The van der Waals surface area contributed by atoms with E-state index in [0.717, 1.165) is 62.8 Å². The Balaban J connectivity index is 1.85. The first-order valence-corrected chi connectivity index (χ1v) is 9.72. The highest BCUT2D eigenvalue weighted by Gasteiger charge is 2.38. The number of hydrogen-bond donors (Lipinski definition) is 1.